The van der Waals surface area contributed by atoms with Crippen LogP contribution in [-0.4, -0.2) is 58.6 Å². The molecule has 39 heavy (non-hydrogen) atoms. The quantitative estimate of drug-likeness (QED) is 0.348. The number of methoxy groups -OCH3 is 2. The van der Waals surface area contributed by atoms with Crippen molar-refractivity contribution in [3.05, 3.63) is 87.6 Å². The summed E-state index contributed by atoms with van der Waals surface area (Å²) >= 11 is 0. The molecule has 0 bridgehead atoms. The number of aryl methyl sites for hydroxylation is 1. The van der Waals surface area contributed by atoms with Crippen LogP contribution in [0.3, 0.4) is 0 Å². The third-order valence-electron chi connectivity index (χ3n) is 6.74. The number of amides is 1. The number of benzene rings is 2. The first-order valence-electron chi connectivity index (χ1n) is 12.7. The van der Waals surface area contributed by atoms with Gasteiger partial charge in [-0.1, -0.05) is 23.4 Å². The zero-order chi connectivity index (χ0) is 27.5. The third kappa shape index (κ3) is 5.69. The number of nitrogens with one attached hydrogen (secondary N) is 1. The van der Waals surface area contributed by atoms with E-state index in [1.165, 1.54) is 36.1 Å². The van der Waals surface area contributed by atoms with E-state index in [-0.39, 0.29) is 30.2 Å². The van der Waals surface area contributed by atoms with Crippen LogP contribution in [0.1, 0.15) is 50.1 Å². The molecule has 11 heteroatoms. The van der Waals surface area contributed by atoms with Crippen molar-refractivity contribution in [1.29, 1.82) is 0 Å². The van der Waals surface area contributed by atoms with Gasteiger partial charge in [0.25, 0.3) is 5.91 Å². The van der Waals surface area contributed by atoms with E-state index in [4.69, 9.17) is 13.9 Å². The Hall–Kier alpha value is -4.09. The predicted octanol–water partition coefficient (Wildman–Crippen LogP) is 3.37. The number of oxazole rings is 1. The van der Waals surface area contributed by atoms with Crippen molar-refractivity contribution >= 4 is 5.91 Å². The molecule has 204 valence electrons. The van der Waals surface area contributed by atoms with E-state index in [0.29, 0.717) is 29.4 Å². The van der Waals surface area contributed by atoms with E-state index in [0.717, 1.165) is 25.1 Å². The highest BCUT2D eigenvalue weighted by molar-refractivity contribution is 5.92. The van der Waals surface area contributed by atoms with E-state index < -0.39 is 11.7 Å². The predicted molar refractivity (Wildman–Crippen MR) is 140 cm³/mol. The first kappa shape index (κ1) is 26.5. The van der Waals surface area contributed by atoms with E-state index in [1.807, 2.05) is 0 Å². The lowest BCUT2D eigenvalue weighted by molar-refractivity contribution is 0.0914. The van der Waals surface area contributed by atoms with Crippen molar-refractivity contribution in [1.82, 2.24) is 30.2 Å². The minimum absolute atomic E-state index is 0.0333. The van der Waals surface area contributed by atoms with Crippen LogP contribution in [0.15, 0.2) is 40.9 Å². The molecule has 4 aromatic rings. The highest BCUT2D eigenvalue weighted by atomic mass is 19.1. The maximum absolute atomic E-state index is 15.3. The first-order valence-corrected chi connectivity index (χ1v) is 12.7. The van der Waals surface area contributed by atoms with Crippen LogP contribution in [0.5, 0.6) is 5.75 Å². The maximum Gasteiger partial charge on any atom is 0.289 e. The van der Waals surface area contributed by atoms with Crippen LogP contribution in [0.4, 0.5) is 4.39 Å². The second kappa shape index (κ2) is 11.3. The Morgan fingerprint density at radius 1 is 1.21 bits per heavy atom. The fraction of sp³-hybridized carbons (Fsp3) is 0.357. The normalized spacial score (nSPS) is 13.4. The summed E-state index contributed by atoms with van der Waals surface area (Å²) in [6, 6.07) is 9.57. The molecule has 0 saturated carbocycles. The maximum atomic E-state index is 15.3. The molecule has 5 rings (SSSR count). The number of hydrogen-bond donors (Lipinski definition) is 1. The summed E-state index contributed by atoms with van der Waals surface area (Å²) in [5.74, 6) is -0.639. The Kier molecular flexibility index (Phi) is 7.71. The molecule has 0 saturated heterocycles. The summed E-state index contributed by atoms with van der Waals surface area (Å²) in [6.07, 6.45) is 3.13. The standard InChI is InChI=1S/C28H31FN6O4/c1-17-14-35(33-32-17)23-7-8-24(38-4)26(29)21(23)13-30-28(36)27-22(16-37-3)31-25(39-27)12-18-5-6-19-9-10-34(2)15-20(19)11-18/h5-8,11,14H,9-10,12-13,15-16H2,1-4H3,(H,30,36). The Balaban J connectivity index is 1.37. The van der Waals surface area contributed by atoms with Gasteiger partial charge in [0.15, 0.2) is 17.5 Å². The van der Waals surface area contributed by atoms with Gasteiger partial charge in [-0.25, -0.2) is 14.1 Å². The average Bonchev–Trinajstić information content (AvgIpc) is 3.53. The van der Waals surface area contributed by atoms with Gasteiger partial charge in [-0.3, -0.25) is 4.79 Å². The summed E-state index contributed by atoms with van der Waals surface area (Å²) in [4.78, 5) is 20.1. The molecular formula is C28H31FN6O4. The molecule has 0 fully saturated rings. The van der Waals surface area contributed by atoms with Crippen LogP contribution < -0.4 is 10.1 Å². The Labute approximate surface area is 225 Å². The molecule has 0 atom stereocenters. The molecule has 1 aliphatic heterocycles. The zero-order valence-corrected chi connectivity index (χ0v) is 22.5. The number of nitrogens with zero attached hydrogens (tertiary/aromatic N) is 5. The van der Waals surface area contributed by atoms with Crippen molar-refractivity contribution in [2.24, 2.45) is 0 Å². The van der Waals surface area contributed by atoms with Gasteiger partial charge in [0.1, 0.15) is 5.69 Å². The lowest BCUT2D eigenvalue weighted by Crippen LogP contribution is -2.26. The van der Waals surface area contributed by atoms with Crippen LogP contribution in [0.2, 0.25) is 0 Å². The number of halogens is 1. The highest BCUT2D eigenvalue weighted by Gasteiger charge is 2.23. The van der Waals surface area contributed by atoms with Gasteiger partial charge in [0.2, 0.25) is 5.76 Å². The molecule has 1 aliphatic rings. The molecule has 0 radical (unpaired) electrons. The van der Waals surface area contributed by atoms with E-state index in [2.05, 4.69) is 50.8 Å². The summed E-state index contributed by atoms with van der Waals surface area (Å²) < 4.78 is 33.1. The molecule has 2 aromatic carbocycles. The number of likely N-dealkylation sites (N-methyl/N-ethyl adjacent to an activating group) is 1. The fourth-order valence-electron chi connectivity index (χ4n) is 4.77. The first-order chi connectivity index (χ1) is 18.9. The number of carbonyl (C=O) groups is 1. The lowest BCUT2D eigenvalue weighted by Gasteiger charge is -2.25. The number of aromatic nitrogens is 4. The van der Waals surface area contributed by atoms with Crippen molar-refractivity contribution in [3.63, 3.8) is 0 Å². The third-order valence-corrected chi connectivity index (χ3v) is 6.74. The minimum atomic E-state index is -0.600. The van der Waals surface area contributed by atoms with Crippen LogP contribution in [0, 0.1) is 12.7 Å². The number of hydrogen-bond acceptors (Lipinski definition) is 8. The lowest BCUT2D eigenvalue weighted by atomic mass is 9.97. The Morgan fingerprint density at radius 2 is 2.05 bits per heavy atom. The largest absolute Gasteiger partial charge is 0.494 e. The molecule has 1 N–H and O–H groups in total. The van der Waals surface area contributed by atoms with Crippen LogP contribution >= 0.6 is 0 Å². The molecule has 1 amide bonds. The Bertz CT molecular complexity index is 1500. The highest BCUT2D eigenvalue weighted by Crippen LogP contribution is 2.27. The molecule has 0 spiro atoms. The molecule has 10 nitrogen and oxygen atoms in total. The number of rotatable bonds is 9. The van der Waals surface area contributed by atoms with Crippen LogP contribution in [-0.2, 0) is 37.3 Å². The minimum Gasteiger partial charge on any atom is -0.494 e. The van der Waals surface area contributed by atoms with E-state index >= 15 is 4.39 Å². The van der Waals surface area contributed by atoms with Crippen molar-refractivity contribution in [2.45, 2.75) is 39.5 Å². The molecular weight excluding hydrogens is 503 g/mol. The van der Waals surface area contributed by atoms with E-state index in [9.17, 15) is 4.79 Å². The monoisotopic (exact) mass is 534 g/mol. The van der Waals surface area contributed by atoms with E-state index in [1.54, 1.807) is 19.2 Å². The second-order valence-corrected chi connectivity index (χ2v) is 9.65. The summed E-state index contributed by atoms with van der Waals surface area (Å²) in [7, 11) is 5.01. The van der Waals surface area contributed by atoms with Gasteiger partial charge in [0, 0.05) is 38.7 Å². The van der Waals surface area contributed by atoms with Gasteiger partial charge in [-0.05, 0) is 49.2 Å². The zero-order valence-electron chi connectivity index (χ0n) is 22.5. The number of carbonyl (C=O) groups excluding carboxylic acids is 1. The SMILES string of the molecule is COCc1nc(Cc2ccc3c(c2)CN(C)CC3)oc1C(=O)NCc1c(-n2cc(C)nn2)ccc(OC)c1F. The molecule has 0 unspecified atom stereocenters. The summed E-state index contributed by atoms with van der Waals surface area (Å²) in [5.41, 5.74) is 5.37. The smallest absolute Gasteiger partial charge is 0.289 e. The molecule has 0 aliphatic carbocycles. The fourth-order valence-corrected chi connectivity index (χ4v) is 4.77. The van der Waals surface area contributed by atoms with Gasteiger partial charge >= 0.3 is 0 Å². The van der Waals surface area contributed by atoms with Crippen molar-refractivity contribution < 1.29 is 23.1 Å². The van der Waals surface area contributed by atoms with Gasteiger partial charge < -0.3 is 24.1 Å². The van der Waals surface area contributed by atoms with Crippen LogP contribution in [0.25, 0.3) is 5.69 Å². The van der Waals surface area contributed by atoms with Gasteiger partial charge in [-0.15, -0.1) is 5.10 Å². The topological polar surface area (TPSA) is 108 Å². The van der Waals surface area contributed by atoms with Gasteiger partial charge in [0.05, 0.1) is 31.3 Å². The number of ether oxygens (including phenoxy) is 2. The summed E-state index contributed by atoms with van der Waals surface area (Å²) in [6.45, 7) is 3.68. The number of fused-ring (bicyclic) bond motifs is 1. The summed E-state index contributed by atoms with van der Waals surface area (Å²) in [5, 5.41) is 10.8. The van der Waals surface area contributed by atoms with Crippen molar-refractivity contribution in [3.8, 4) is 11.4 Å². The average molecular weight is 535 g/mol. The molecule has 3 heterocycles. The van der Waals surface area contributed by atoms with Crippen molar-refractivity contribution in [2.75, 3.05) is 27.8 Å². The van der Waals surface area contributed by atoms with Gasteiger partial charge in [-0.2, -0.15) is 0 Å². The second-order valence-electron chi connectivity index (χ2n) is 9.65. The Morgan fingerprint density at radius 3 is 2.79 bits per heavy atom. The molecule has 2 aromatic heterocycles.